The largest absolute Gasteiger partial charge is 0.379 e. The fourth-order valence-electron chi connectivity index (χ4n) is 3.91. The molecule has 6 heteroatoms. The Morgan fingerprint density at radius 1 is 0.871 bits per heavy atom. The van der Waals surface area contributed by atoms with Crippen LogP contribution < -0.4 is 0 Å². The van der Waals surface area contributed by atoms with E-state index >= 15 is 0 Å². The maximum Gasteiger partial charge on any atom is 0.134 e. The number of likely N-dealkylation sites (tertiary alicyclic amines) is 1. The molecule has 176 valence electrons. The summed E-state index contributed by atoms with van der Waals surface area (Å²) in [6.07, 6.45) is 2.27. The van der Waals surface area contributed by atoms with E-state index in [1.807, 2.05) is 6.92 Å². The summed E-state index contributed by atoms with van der Waals surface area (Å²) in [6.45, 7) is 12.1. The van der Waals surface area contributed by atoms with Crippen molar-refractivity contribution >= 4 is 5.78 Å². The second kappa shape index (κ2) is 16.3. The predicted octanol–water partition coefficient (Wildman–Crippen LogP) is 3.55. The Morgan fingerprint density at radius 2 is 1.42 bits per heavy atom. The molecule has 0 aromatic heterocycles. The zero-order valence-electron chi connectivity index (χ0n) is 19.4. The number of Topliss-reactive ketones (excluding diaryl/α,β-unsaturated/α-hetero) is 1. The van der Waals surface area contributed by atoms with E-state index in [4.69, 9.17) is 18.9 Å². The predicted molar refractivity (Wildman–Crippen MR) is 123 cm³/mol. The Labute approximate surface area is 188 Å². The average molecular weight is 436 g/mol. The van der Waals surface area contributed by atoms with Crippen LogP contribution in [0.1, 0.15) is 44.6 Å². The number of carbonyl (C=O) groups is 1. The molecule has 0 N–H and O–H groups in total. The van der Waals surface area contributed by atoms with Gasteiger partial charge in [0, 0.05) is 32.5 Å². The van der Waals surface area contributed by atoms with Gasteiger partial charge in [0.25, 0.3) is 0 Å². The van der Waals surface area contributed by atoms with Crippen LogP contribution in [0, 0.1) is 5.92 Å². The van der Waals surface area contributed by atoms with E-state index in [2.05, 4.69) is 42.2 Å². The highest BCUT2D eigenvalue weighted by Crippen LogP contribution is 2.34. The summed E-state index contributed by atoms with van der Waals surface area (Å²) in [5.41, 5.74) is 1.48. The molecule has 1 aliphatic rings. The summed E-state index contributed by atoms with van der Waals surface area (Å²) < 4.78 is 22.0. The minimum atomic E-state index is 0.235. The number of carbonyl (C=O) groups excluding carboxylic acids is 1. The summed E-state index contributed by atoms with van der Waals surface area (Å²) in [6, 6.07) is 10.9. The van der Waals surface area contributed by atoms with Crippen molar-refractivity contribution in [3.05, 3.63) is 35.9 Å². The van der Waals surface area contributed by atoms with E-state index < -0.39 is 0 Å². The molecule has 0 aliphatic carbocycles. The average Bonchev–Trinajstić information content (AvgIpc) is 2.77. The summed E-state index contributed by atoms with van der Waals surface area (Å²) in [5, 5.41) is 0. The SMILES string of the molecule is CCC(=O)CCOCCOCCOCCOCCN1CC(C(CC)c2ccccc2)C1. The Morgan fingerprint density at radius 3 is 1.97 bits per heavy atom. The van der Waals surface area contributed by atoms with Crippen LogP contribution in [0.25, 0.3) is 0 Å². The number of hydrogen-bond donors (Lipinski definition) is 0. The summed E-state index contributed by atoms with van der Waals surface area (Å²) in [5.74, 6) is 1.67. The first-order chi connectivity index (χ1) is 15.2. The van der Waals surface area contributed by atoms with Crippen LogP contribution in [-0.2, 0) is 23.7 Å². The molecule has 1 unspecified atom stereocenters. The van der Waals surface area contributed by atoms with E-state index in [0.717, 1.165) is 19.1 Å². The van der Waals surface area contributed by atoms with Crippen LogP contribution in [-0.4, -0.2) is 83.2 Å². The summed E-state index contributed by atoms with van der Waals surface area (Å²) in [4.78, 5) is 13.6. The first-order valence-corrected chi connectivity index (χ1v) is 11.8. The van der Waals surface area contributed by atoms with Crippen molar-refractivity contribution in [1.82, 2.24) is 4.90 Å². The molecule has 0 radical (unpaired) electrons. The summed E-state index contributed by atoms with van der Waals surface area (Å²) in [7, 11) is 0. The Bertz CT molecular complexity index is 577. The van der Waals surface area contributed by atoms with Crippen molar-refractivity contribution in [2.45, 2.75) is 39.0 Å². The second-order valence-corrected chi connectivity index (χ2v) is 8.04. The number of hydrogen-bond acceptors (Lipinski definition) is 6. The third-order valence-electron chi connectivity index (χ3n) is 5.81. The van der Waals surface area contributed by atoms with Crippen molar-refractivity contribution in [1.29, 1.82) is 0 Å². The highest BCUT2D eigenvalue weighted by Gasteiger charge is 2.32. The Balaban J connectivity index is 1.34. The van der Waals surface area contributed by atoms with Crippen LogP contribution in [0.2, 0.25) is 0 Å². The molecule has 1 aromatic rings. The van der Waals surface area contributed by atoms with E-state index in [1.54, 1.807) is 0 Å². The van der Waals surface area contributed by atoms with Crippen LogP contribution >= 0.6 is 0 Å². The maximum atomic E-state index is 11.1. The molecular formula is C25H41NO5. The lowest BCUT2D eigenvalue weighted by molar-refractivity contribution is -0.120. The molecular weight excluding hydrogens is 394 g/mol. The van der Waals surface area contributed by atoms with E-state index in [9.17, 15) is 4.79 Å². The van der Waals surface area contributed by atoms with Gasteiger partial charge in [0.15, 0.2) is 0 Å². The molecule has 0 saturated carbocycles. The minimum Gasteiger partial charge on any atom is -0.379 e. The first-order valence-electron chi connectivity index (χ1n) is 11.8. The van der Waals surface area contributed by atoms with Crippen LogP contribution in [0.3, 0.4) is 0 Å². The van der Waals surface area contributed by atoms with E-state index in [0.29, 0.717) is 65.0 Å². The van der Waals surface area contributed by atoms with Gasteiger partial charge >= 0.3 is 0 Å². The molecule has 0 bridgehead atoms. The van der Waals surface area contributed by atoms with Gasteiger partial charge in [-0.2, -0.15) is 0 Å². The van der Waals surface area contributed by atoms with Crippen molar-refractivity contribution in [2.75, 3.05) is 72.5 Å². The molecule has 0 amide bonds. The quantitative estimate of drug-likeness (QED) is 0.310. The lowest BCUT2D eigenvalue weighted by Crippen LogP contribution is -2.50. The standard InChI is InChI=1S/C25H41NO5/c1-3-24(27)10-12-28-14-16-30-18-19-31-17-15-29-13-11-26-20-23(21-26)25(4-2)22-8-6-5-7-9-22/h5-9,23,25H,3-4,10-21H2,1-2H3. The molecule has 1 heterocycles. The van der Waals surface area contributed by atoms with E-state index in [1.165, 1.54) is 25.1 Å². The normalized spacial score (nSPS) is 15.7. The van der Waals surface area contributed by atoms with Gasteiger partial charge in [-0.1, -0.05) is 44.2 Å². The lowest BCUT2D eigenvalue weighted by atomic mass is 9.79. The van der Waals surface area contributed by atoms with Gasteiger partial charge in [-0.15, -0.1) is 0 Å². The first kappa shape index (κ1) is 25.9. The number of nitrogens with zero attached hydrogens (tertiary/aromatic N) is 1. The molecule has 1 fully saturated rings. The Kier molecular flexibility index (Phi) is 13.7. The monoisotopic (exact) mass is 435 g/mol. The molecule has 2 rings (SSSR count). The maximum absolute atomic E-state index is 11.1. The van der Waals surface area contributed by atoms with Crippen molar-refractivity contribution in [3.8, 4) is 0 Å². The molecule has 1 aliphatic heterocycles. The highest BCUT2D eigenvalue weighted by atomic mass is 16.6. The second-order valence-electron chi connectivity index (χ2n) is 8.04. The molecule has 1 saturated heterocycles. The van der Waals surface area contributed by atoms with Gasteiger partial charge in [-0.3, -0.25) is 4.79 Å². The van der Waals surface area contributed by atoms with Crippen molar-refractivity contribution in [3.63, 3.8) is 0 Å². The smallest absolute Gasteiger partial charge is 0.134 e. The van der Waals surface area contributed by atoms with Crippen LogP contribution in [0.4, 0.5) is 0 Å². The third kappa shape index (κ3) is 10.7. The molecule has 1 atom stereocenters. The number of ether oxygens (including phenoxy) is 4. The molecule has 0 spiro atoms. The third-order valence-corrected chi connectivity index (χ3v) is 5.81. The fourth-order valence-corrected chi connectivity index (χ4v) is 3.91. The van der Waals surface area contributed by atoms with Gasteiger partial charge in [-0.05, 0) is 23.8 Å². The van der Waals surface area contributed by atoms with Crippen LogP contribution in [0.5, 0.6) is 0 Å². The number of benzene rings is 1. The molecule has 6 nitrogen and oxygen atoms in total. The van der Waals surface area contributed by atoms with Crippen LogP contribution in [0.15, 0.2) is 30.3 Å². The lowest BCUT2D eigenvalue weighted by Gasteiger charge is -2.43. The summed E-state index contributed by atoms with van der Waals surface area (Å²) >= 11 is 0. The van der Waals surface area contributed by atoms with Gasteiger partial charge in [0.2, 0.25) is 0 Å². The van der Waals surface area contributed by atoms with Gasteiger partial charge in [0.1, 0.15) is 5.78 Å². The zero-order chi connectivity index (χ0) is 22.2. The van der Waals surface area contributed by atoms with Crippen molar-refractivity contribution < 1.29 is 23.7 Å². The molecule has 1 aromatic carbocycles. The molecule has 31 heavy (non-hydrogen) atoms. The van der Waals surface area contributed by atoms with Gasteiger partial charge < -0.3 is 23.8 Å². The minimum absolute atomic E-state index is 0.235. The number of ketones is 1. The number of rotatable bonds is 19. The van der Waals surface area contributed by atoms with E-state index in [-0.39, 0.29) is 5.78 Å². The highest BCUT2D eigenvalue weighted by molar-refractivity contribution is 5.78. The fraction of sp³-hybridized carbons (Fsp3) is 0.720. The van der Waals surface area contributed by atoms with Gasteiger partial charge in [-0.25, -0.2) is 0 Å². The van der Waals surface area contributed by atoms with Crippen molar-refractivity contribution in [2.24, 2.45) is 5.92 Å². The topological polar surface area (TPSA) is 57.2 Å². The zero-order valence-corrected chi connectivity index (χ0v) is 19.4. The Hall–Kier alpha value is -1.31. The van der Waals surface area contributed by atoms with Gasteiger partial charge in [0.05, 0.1) is 52.9 Å².